The molecule has 0 radical (unpaired) electrons. The molecule has 0 N–H and O–H groups in total. The van der Waals surface area contributed by atoms with Gasteiger partial charge in [0.25, 0.3) is 5.56 Å². The van der Waals surface area contributed by atoms with Crippen molar-refractivity contribution in [2.75, 3.05) is 0 Å². The third kappa shape index (κ3) is 6.30. The zero-order valence-electron chi connectivity index (χ0n) is 28.5. The van der Waals surface area contributed by atoms with Gasteiger partial charge >= 0.3 is 5.69 Å². The van der Waals surface area contributed by atoms with Crippen LogP contribution in [0.3, 0.4) is 0 Å². The maximum Gasteiger partial charge on any atom is 0.332 e. The first kappa shape index (κ1) is 33.5. The maximum atomic E-state index is 13.5. The molecule has 8 aromatic rings. The Labute approximate surface area is 310 Å². The summed E-state index contributed by atoms with van der Waals surface area (Å²) in [6, 6.07) is 57.6. The van der Waals surface area contributed by atoms with Gasteiger partial charge < -0.3 is 0 Å². The second-order valence-electron chi connectivity index (χ2n) is 12.7. The lowest BCUT2D eigenvalue weighted by molar-refractivity contribution is 0.451. The minimum atomic E-state index is -0.900. The van der Waals surface area contributed by atoms with Crippen molar-refractivity contribution in [3.8, 4) is 22.5 Å². The van der Waals surface area contributed by atoms with E-state index in [4.69, 9.17) is 16.8 Å². The molecule has 0 aliphatic heterocycles. The number of tetrazole rings is 1. The van der Waals surface area contributed by atoms with E-state index in [1.807, 2.05) is 132 Å². The molecule has 0 aliphatic rings. The van der Waals surface area contributed by atoms with Crippen molar-refractivity contribution in [2.45, 2.75) is 18.6 Å². The first-order valence-electron chi connectivity index (χ1n) is 17.2. The van der Waals surface area contributed by atoms with Gasteiger partial charge in [0.1, 0.15) is 10.7 Å². The Morgan fingerprint density at radius 3 is 1.57 bits per heavy atom. The average molecular weight is 713 g/mol. The summed E-state index contributed by atoms with van der Waals surface area (Å²) in [6.45, 7) is 0.353. The quantitative estimate of drug-likeness (QED) is 0.106. The van der Waals surface area contributed by atoms with Crippen molar-refractivity contribution in [3.05, 3.63) is 230 Å². The Hall–Kier alpha value is -6.64. The van der Waals surface area contributed by atoms with Crippen molar-refractivity contribution in [1.29, 1.82) is 0 Å². The zero-order valence-corrected chi connectivity index (χ0v) is 29.3. The summed E-state index contributed by atoms with van der Waals surface area (Å²) in [6.07, 6.45) is 0. The number of benzene rings is 6. The minimum absolute atomic E-state index is 0.0873. The molecule has 8 rings (SSSR count). The lowest BCUT2D eigenvalue weighted by atomic mass is 9.77. The first-order valence-corrected chi connectivity index (χ1v) is 17.6. The van der Waals surface area contributed by atoms with E-state index < -0.39 is 16.8 Å². The van der Waals surface area contributed by atoms with Gasteiger partial charge in [-0.3, -0.25) is 13.9 Å². The van der Waals surface area contributed by atoms with Gasteiger partial charge in [0.2, 0.25) is 0 Å². The van der Waals surface area contributed by atoms with Crippen LogP contribution in [-0.2, 0) is 18.6 Å². The number of halogens is 1. The van der Waals surface area contributed by atoms with Crippen LogP contribution >= 0.6 is 11.6 Å². The summed E-state index contributed by atoms with van der Waals surface area (Å²) in [5.41, 5.74) is 5.65. The van der Waals surface area contributed by atoms with Crippen molar-refractivity contribution in [1.82, 2.24) is 29.3 Å². The second-order valence-corrected chi connectivity index (χ2v) is 13.1. The normalized spacial score (nSPS) is 11.4. The Morgan fingerprint density at radius 1 is 0.528 bits per heavy atom. The van der Waals surface area contributed by atoms with Gasteiger partial charge in [0.15, 0.2) is 5.82 Å². The van der Waals surface area contributed by atoms with E-state index in [0.717, 1.165) is 44.5 Å². The Morgan fingerprint density at radius 2 is 1.00 bits per heavy atom. The third-order valence-corrected chi connectivity index (χ3v) is 9.86. The predicted molar refractivity (Wildman–Crippen MR) is 208 cm³/mol. The lowest BCUT2D eigenvalue weighted by Gasteiger charge is -2.36. The Balaban J connectivity index is 1.20. The third-order valence-electron chi connectivity index (χ3n) is 9.55. The molecule has 2 heterocycles. The van der Waals surface area contributed by atoms with Crippen molar-refractivity contribution in [2.24, 2.45) is 0 Å². The molecule has 2 aromatic heterocycles. The minimum Gasteiger partial charge on any atom is -0.279 e. The molecule has 0 unspecified atom stereocenters. The van der Waals surface area contributed by atoms with Gasteiger partial charge in [-0.15, -0.1) is 5.10 Å². The van der Waals surface area contributed by atoms with E-state index in [9.17, 15) is 9.59 Å². The average Bonchev–Trinajstić information content (AvgIpc) is 3.70. The number of aromatic nitrogens is 6. The first-order chi connectivity index (χ1) is 26.0. The highest BCUT2D eigenvalue weighted by Crippen LogP contribution is 2.43. The standard InChI is InChI=1S/C44H33ClN6O2/c45-40-29-41(52)50(31-32-15-5-1-6-16-32)43(53)49(40)30-33-25-27-34(28-26-33)38-23-13-14-24-39(38)42-46-47-48-51(42)44(35-17-7-2-8-18-35,36-19-9-3-10-20-36)37-21-11-4-12-22-37/h1-29H,30-31H2. The van der Waals surface area contributed by atoms with Gasteiger partial charge in [-0.2, -0.15) is 0 Å². The molecule has 0 atom stereocenters. The van der Waals surface area contributed by atoms with Crippen LogP contribution in [0, 0.1) is 0 Å². The van der Waals surface area contributed by atoms with Gasteiger partial charge in [0.05, 0.1) is 13.1 Å². The van der Waals surface area contributed by atoms with Crippen LogP contribution in [0.1, 0.15) is 27.8 Å². The smallest absolute Gasteiger partial charge is 0.279 e. The molecular weight excluding hydrogens is 680 g/mol. The number of rotatable bonds is 10. The fraction of sp³-hybridized carbons (Fsp3) is 0.0682. The lowest BCUT2D eigenvalue weighted by Crippen LogP contribution is -2.40. The molecule has 258 valence electrons. The summed E-state index contributed by atoms with van der Waals surface area (Å²) >= 11 is 6.48. The summed E-state index contributed by atoms with van der Waals surface area (Å²) < 4.78 is 4.55. The Kier molecular flexibility index (Phi) is 9.19. The molecule has 0 saturated heterocycles. The van der Waals surface area contributed by atoms with E-state index in [1.165, 1.54) is 15.2 Å². The monoisotopic (exact) mass is 712 g/mol. The number of nitrogens with zero attached hydrogens (tertiary/aromatic N) is 6. The zero-order chi connectivity index (χ0) is 36.2. The van der Waals surface area contributed by atoms with Crippen LogP contribution in [-0.4, -0.2) is 29.3 Å². The van der Waals surface area contributed by atoms with Crippen LogP contribution in [0.4, 0.5) is 0 Å². The highest BCUT2D eigenvalue weighted by atomic mass is 35.5. The molecule has 0 bridgehead atoms. The summed E-state index contributed by atoms with van der Waals surface area (Å²) in [5, 5.41) is 13.8. The molecule has 0 spiro atoms. The topological polar surface area (TPSA) is 87.6 Å². The number of hydrogen-bond donors (Lipinski definition) is 0. The van der Waals surface area contributed by atoms with Crippen LogP contribution < -0.4 is 11.2 Å². The molecular formula is C44H33ClN6O2. The maximum absolute atomic E-state index is 13.5. The molecule has 0 aliphatic carbocycles. The largest absolute Gasteiger partial charge is 0.332 e. The van der Waals surface area contributed by atoms with Gasteiger partial charge in [-0.05, 0) is 49.4 Å². The SMILES string of the molecule is O=c1cc(Cl)n(Cc2ccc(-c3ccccc3-c3nnnn3C(c3ccccc3)(c3ccccc3)c3ccccc3)cc2)c(=O)n1Cc1ccccc1. The summed E-state index contributed by atoms with van der Waals surface area (Å²) in [5.74, 6) is 0.597. The highest BCUT2D eigenvalue weighted by Gasteiger charge is 2.42. The Bertz CT molecular complexity index is 2510. The summed E-state index contributed by atoms with van der Waals surface area (Å²) in [4.78, 5) is 26.3. The van der Waals surface area contributed by atoms with Gasteiger partial charge in [-0.1, -0.05) is 181 Å². The second kappa shape index (κ2) is 14.5. The fourth-order valence-corrected chi connectivity index (χ4v) is 7.26. The van der Waals surface area contributed by atoms with Crippen LogP contribution in [0.25, 0.3) is 22.5 Å². The summed E-state index contributed by atoms with van der Waals surface area (Å²) in [7, 11) is 0. The van der Waals surface area contributed by atoms with Crippen LogP contribution in [0.5, 0.6) is 0 Å². The van der Waals surface area contributed by atoms with E-state index in [-0.39, 0.29) is 18.2 Å². The van der Waals surface area contributed by atoms with Crippen molar-refractivity contribution in [3.63, 3.8) is 0 Å². The van der Waals surface area contributed by atoms with E-state index in [1.54, 1.807) is 0 Å². The van der Waals surface area contributed by atoms with Crippen molar-refractivity contribution >= 4 is 11.6 Å². The van der Waals surface area contributed by atoms with E-state index >= 15 is 0 Å². The fourth-order valence-electron chi connectivity index (χ4n) is 7.03. The molecule has 0 fully saturated rings. The van der Waals surface area contributed by atoms with E-state index in [0.29, 0.717) is 5.82 Å². The van der Waals surface area contributed by atoms with Crippen LogP contribution in [0.2, 0.25) is 5.15 Å². The molecule has 0 saturated carbocycles. The van der Waals surface area contributed by atoms with E-state index in [2.05, 4.69) is 52.8 Å². The molecule has 0 amide bonds. The van der Waals surface area contributed by atoms with Gasteiger partial charge in [0, 0.05) is 11.6 Å². The molecule has 8 nitrogen and oxygen atoms in total. The van der Waals surface area contributed by atoms with Crippen LogP contribution in [0.15, 0.2) is 186 Å². The predicted octanol–water partition coefficient (Wildman–Crippen LogP) is 7.92. The molecule has 53 heavy (non-hydrogen) atoms. The highest BCUT2D eigenvalue weighted by molar-refractivity contribution is 6.29. The van der Waals surface area contributed by atoms with Crippen molar-refractivity contribution < 1.29 is 0 Å². The number of hydrogen-bond acceptors (Lipinski definition) is 5. The molecule has 9 heteroatoms. The molecule has 6 aromatic carbocycles. The van der Waals surface area contributed by atoms with Gasteiger partial charge in [-0.25, -0.2) is 9.48 Å².